The van der Waals surface area contributed by atoms with Crippen LogP contribution in [0.1, 0.15) is 36.5 Å². The molecule has 4 rings (SSSR count). The van der Waals surface area contributed by atoms with Crippen molar-refractivity contribution in [1.29, 1.82) is 0 Å². The first-order valence-corrected chi connectivity index (χ1v) is 14.3. The zero-order valence-corrected chi connectivity index (χ0v) is 22.6. The highest BCUT2D eigenvalue weighted by Gasteiger charge is 2.28. The van der Waals surface area contributed by atoms with Crippen LogP contribution in [0.5, 0.6) is 0 Å². The van der Waals surface area contributed by atoms with Crippen LogP contribution in [0.25, 0.3) is 0 Å². The van der Waals surface area contributed by atoms with E-state index in [-0.39, 0.29) is 41.9 Å². The highest BCUT2D eigenvalue weighted by Crippen LogP contribution is 2.25. The molecule has 3 aromatic rings. The summed E-state index contributed by atoms with van der Waals surface area (Å²) in [6.45, 7) is 2.98. The lowest BCUT2D eigenvalue weighted by atomic mass is 9.96. The number of carbonyl (C=O) groups is 2. The molecule has 1 heterocycles. The van der Waals surface area contributed by atoms with Gasteiger partial charge in [-0.05, 0) is 67.3 Å². The maximum Gasteiger partial charge on any atom is 0.309 e. The van der Waals surface area contributed by atoms with Crippen molar-refractivity contribution < 1.29 is 35.9 Å². The van der Waals surface area contributed by atoms with Gasteiger partial charge in [0.05, 0.1) is 23.8 Å². The lowest BCUT2D eigenvalue weighted by Gasteiger charge is -2.31. The van der Waals surface area contributed by atoms with Crippen LogP contribution in [0.15, 0.2) is 65.6 Å². The summed E-state index contributed by atoms with van der Waals surface area (Å²) in [6, 6.07) is 12.8. The Balaban J connectivity index is 1.37. The molecule has 0 aromatic heterocycles. The summed E-state index contributed by atoms with van der Waals surface area (Å²) in [4.78, 5) is 25.7. The molecule has 0 aliphatic carbocycles. The van der Waals surface area contributed by atoms with E-state index in [0.717, 1.165) is 18.2 Å². The van der Waals surface area contributed by atoms with Crippen LogP contribution in [-0.4, -0.2) is 44.9 Å². The lowest BCUT2D eigenvalue weighted by Crippen LogP contribution is -2.41. The van der Waals surface area contributed by atoms with Crippen LogP contribution in [0, 0.1) is 23.4 Å². The average molecular weight is 575 g/mol. The predicted molar refractivity (Wildman–Crippen MR) is 142 cm³/mol. The number of esters is 1. The maximum absolute atomic E-state index is 14.7. The van der Waals surface area contributed by atoms with Gasteiger partial charge in [0.1, 0.15) is 17.5 Å². The number of rotatable bonds is 9. The van der Waals surface area contributed by atoms with Crippen LogP contribution in [-0.2, 0) is 37.2 Å². The van der Waals surface area contributed by atoms with Crippen molar-refractivity contribution >= 4 is 27.6 Å². The molecule has 1 amide bonds. The van der Waals surface area contributed by atoms with Crippen LogP contribution >= 0.6 is 0 Å². The second-order valence-corrected chi connectivity index (χ2v) is 11.2. The molecule has 212 valence electrons. The summed E-state index contributed by atoms with van der Waals surface area (Å²) in [5.74, 6) is -3.23. The molecule has 11 heteroatoms. The second-order valence-electron chi connectivity index (χ2n) is 9.56. The monoisotopic (exact) mass is 574 g/mol. The van der Waals surface area contributed by atoms with E-state index in [1.54, 1.807) is 24.0 Å². The fourth-order valence-electron chi connectivity index (χ4n) is 4.57. The summed E-state index contributed by atoms with van der Waals surface area (Å²) in [7, 11) is -4.33. The minimum atomic E-state index is -4.33. The topological polar surface area (TPSA) is 92.8 Å². The molecule has 3 aromatic carbocycles. The van der Waals surface area contributed by atoms with E-state index in [9.17, 15) is 31.2 Å². The van der Waals surface area contributed by atoms with Crippen molar-refractivity contribution in [2.75, 3.05) is 24.4 Å². The van der Waals surface area contributed by atoms with Crippen LogP contribution < -0.4 is 4.72 Å². The summed E-state index contributed by atoms with van der Waals surface area (Å²) in [5.41, 5.74) is 0.769. The van der Waals surface area contributed by atoms with Crippen molar-refractivity contribution in [1.82, 2.24) is 4.90 Å². The Hall–Kier alpha value is -3.86. The third-order valence-corrected chi connectivity index (χ3v) is 8.08. The van der Waals surface area contributed by atoms with E-state index in [0.29, 0.717) is 43.7 Å². The number of anilines is 1. The quantitative estimate of drug-likeness (QED) is 0.370. The zero-order valence-electron chi connectivity index (χ0n) is 21.8. The Morgan fingerprint density at radius 3 is 2.20 bits per heavy atom. The van der Waals surface area contributed by atoms with Crippen molar-refractivity contribution in [3.8, 4) is 0 Å². The van der Waals surface area contributed by atoms with Gasteiger partial charge in [0.15, 0.2) is 0 Å². The Labute approximate surface area is 231 Å². The zero-order chi connectivity index (χ0) is 28.9. The molecule has 0 atom stereocenters. The minimum absolute atomic E-state index is 0.0975. The van der Waals surface area contributed by atoms with Crippen molar-refractivity contribution in [2.45, 2.75) is 37.5 Å². The van der Waals surface area contributed by atoms with Gasteiger partial charge in [-0.25, -0.2) is 21.6 Å². The summed E-state index contributed by atoms with van der Waals surface area (Å²) in [6.07, 6.45) is 0.934. The number of halogens is 3. The van der Waals surface area contributed by atoms with Gasteiger partial charge in [0.2, 0.25) is 5.91 Å². The molecular formula is C29H29F3N2O5S. The molecule has 7 nitrogen and oxygen atoms in total. The van der Waals surface area contributed by atoms with E-state index >= 15 is 0 Å². The maximum atomic E-state index is 14.7. The number of nitrogens with zero attached hydrogens (tertiary/aromatic N) is 1. The molecule has 0 saturated carbocycles. The highest BCUT2D eigenvalue weighted by molar-refractivity contribution is 7.92. The first kappa shape index (κ1) is 29.1. The molecule has 0 radical (unpaired) electrons. The van der Waals surface area contributed by atoms with Gasteiger partial charge in [-0.3, -0.25) is 14.3 Å². The van der Waals surface area contributed by atoms with Crippen LogP contribution in [0.3, 0.4) is 0 Å². The largest absolute Gasteiger partial charge is 0.466 e. The number of sulfonamides is 1. The summed E-state index contributed by atoms with van der Waals surface area (Å²) >= 11 is 0. The first-order valence-electron chi connectivity index (χ1n) is 12.8. The lowest BCUT2D eigenvalue weighted by molar-refractivity contribution is -0.151. The van der Waals surface area contributed by atoms with Crippen LogP contribution in [0.4, 0.5) is 18.9 Å². The minimum Gasteiger partial charge on any atom is -0.466 e. The van der Waals surface area contributed by atoms with Gasteiger partial charge < -0.3 is 9.64 Å². The van der Waals surface area contributed by atoms with Gasteiger partial charge in [-0.2, -0.15) is 0 Å². The number of benzene rings is 3. The van der Waals surface area contributed by atoms with E-state index in [1.807, 2.05) is 0 Å². The number of hydrogen-bond acceptors (Lipinski definition) is 5. The van der Waals surface area contributed by atoms with Crippen molar-refractivity contribution in [2.24, 2.45) is 5.92 Å². The number of piperidine rings is 1. The molecule has 1 aliphatic rings. The van der Waals surface area contributed by atoms with E-state index in [4.69, 9.17) is 4.74 Å². The Kier molecular flexibility index (Phi) is 9.14. The molecule has 0 spiro atoms. The van der Waals surface area contributed by atoms with E-state index in [2.05, 4.69) is 4.72 Å². The fraction of sp³-hybridized carbons (Fsp3) is 0.310. The molecule has 1 aliphatic heterocycles. The van der Waals surface area contributed by atoms with Gasteiger partial charge in [0.25, 0.3) is 10.0 Å². The second kappa shape index (κ2) is 12.5. The molecule has 1 saturated heterocycles. The first-order chi connectivity index (χ1) is 19.1. The fourth-order valence-corrected chi connectivity index (χ4v) is 5.65. The molecule has 1 N–H and O–H groups in total. The van der Waals surface area contributed by atoms with E-state index in [1.165, 1.54) is 30.3 Å². The Morgan fingerprint density at radius 1 is 0.950 bits per heavy atom. The Morgan fingerprint density at radius 2 is 1.60 bits per heavy atom. The normalized spacial score (nSPS) is 14.2. The smallest absolute Gasteiger partial charge is 0.309 e. The molecular weight excluding hydrogens is 545 g/mol. The Bertz CT molecular complexity index is 1460. The van der Waals surface area contributed by atoms with Gasteiger partial charge >= 0.3 is 5.97 Å². The van der Waals surface area contributed by atoms with Crippen molar-refractivity contribution in [3.05, 3.63) is 94.8 Å². The number of likely N-dealkylation sites (tertiary alicyclic amines) is 1. The number of ether oxygens (including phenoxy) is 1. The van der Waals surface area contributed by atoms with E-state index < -0.39 is 32.4 Å². The SMILES string of the molecule is CCOC(=O)C1CCN(C(=O)Cc2ccc(NS(=O)(=O)c3cc(F)c(Cc4cccc(F)c4)c(F)c3)cc2)CC1. The predicted octanol–water partition coefficient (Wildman–Crippen LogP) is 4.84. The summed E-state index contributed by atoms with van der Waals surface area (Å²) < 4.78 is 75.8. The molecule has 0 bridgehead atoms. The molecule has 0 unspecified atom stereocenters. The third kappa shape index (κ3) is 7.20. The summed E-state index contributed by atoms with van der Waals surface area (Å²) in [5, 5.41) is 0. The van der Waals surface area contributed by atoms with Gasteiger partial charge in [0, 0.05) is 30.8 Å². The number of carbonyl (C=O) groups excluding carboxylic acids is 2. The average Bonchev–Trinajstić information content (AvgIpc) is 2.92. The van der Waals surface area contributed by atoms with Gasteiger partial charge in [-0.15, -0.1) is 0 Å². The third-order valence-electron chi connectivity index (χ3n) is 6.72. The highest BCUT2D eigenvalue weighted by atomic mass is 32.2. The van der Waals surface area contributed by atoms with Crippen molar-refractivity contribution in [3.63, 3.8) is 0 Å². The molecule has 40 heavy (non-hydrogen) atoms. The standard InChI is InChI=1S/C29H29F3N2O5S/c1-2-39-29(36)21-10-12-34(13-11-21)28(35)16-19-6-8-23(9-7-19)33-40(37,38)24-17-26(31)25(27(32)18-24)15-20-4-3-5-22(30)14-20/h3-9,14,17-18,21,33H,2,10-13,15-16H2,1H3. The number of nitrogens with one attached hydrogen (secondary N) is 1. The molecule has 1 fully saturated rings. The number of hydrogen-bond donors (Lipinski definition) is 1. The van der Waals surface area contributed by atoms with Crippen LogP contribution in [0.2, 0.25) is 0 Å². The van der Waals surface area contributed by atoms with Gasteiger partial charge in [-0.1, -0.05) is 24.3 Å². The number of amides is 1.